The molecule has 4 nitrogen and oxygen atoms in total. The molecule has 5 heteroatoms. The monoisotopic (exact) mass is 326 g/mol. The number of amides is 1. The number of hydrogen-bond donors (Lipinski definition) is 2. The number of benzene rings is 1. The maximum Gasteiger partial charge on any atom is 0.223 e. The van der Waals surface area contributed by atoms with E-state index in [4.69, 9.17) is 4.74 Å². The quantitative estimate of drug-likeness (QED) is 0.807. The molecule has 1 fully saturated rings. The van der Waals surface area contributed by atoms with Crippen molar-refractivity contribution in [1.82, 2.24) is 10.6 Å². The number of rotatable bonds is 7. The SMILES string of the molecule is CNC(=O)CCOc1c(Br)cccc1CNC1CC1. The van der Waals surface area contributed by atoms with Gasteiger partial charge in [-0.05, 0) is 34.8 Å². The Kier molecular flexibility index (Phi) is 5.22. The summed E-state index contributed by atoms with van der Waals surface area (Å²) in [5.74, 6) is 0.823. The molecule has 0 saturated heterocycles. The molecular weight excluding hydrogens is 308 g/mol. The van der Waals surface area contributed by atoms with Gasteiger partial charge in [-0.1, -0.05) is 12.1 Å². The normalized spacial score (nSPS) is 14.2. The van der Waals surface area contributed by atoms with Crippen molar-refractivity contribution in [2.45, 2.75) is 31.8 Å². The van der Waals surface area contributed by atoms with E-state index < -0.39 is 0 Å². The molecule has 1 saturated carbocycles. The van der Waals surface area contributed by atoms with Crippen molar-refractivity contribution >= 4 is 21.8 Å². The molecule has 104 valence electrons. The summed E-state index contributed by atoms with van der Waals surface area (Å²) in [6.07, 6.45) is 2.90. The lowest BCUT2D eigenvalue weighted by atomic mass is 10.2. The molecule has 1 aromatic rings. The van der Waals surface area contributed by atoms with Crippen molar-refractivity contribution < 1.29 is 9.53 Å². The molecular formula is C14H19BrN2O2. The highest BCUT2D eigenvalue weighted by Crippen LogP contribution is 2.30. The zero-order valence-corrected chi connectivity index (χ0v) is 12.6. The molecule has 0 radical (unpaired) electrons. The van der Waals surface area contributed by atoms with Gasteiger partial charge in [0.2, 0.25) is 5.91 Å². The third-order valence-corrected chi connectivity index (χ3v) is 3.69. The minimum Gasteiger partial charge on any atom is -0.492 e. The van der Waals surface area contributed by atoms with Crippen molar-refractivity contribution in [3.05, 3.63) is 28.2 Å². The average Bonchev–Trinajstić information content (AvgIpc) is 3.22. The van der Waals surface area contributed by atoms with E-state index in [0.29, 0.717) is 19.1 Å². The van der Waals surface area contributed by atoms with Crippen LogP contribution in [0.25, 0.3) is 0 Å². The van der Waals surface area contributed by atoms with Crippen LogP contribution in [-0.2, 0) is 11.3 Å². The second-order valence-corrected chi connectivity index (χ2v) is 5.51. The molecule has 0 bridgehead atoms. The zero-order chi connectivity index (χ0) is 13.7. The first kappa shape index (κ1) is 14.3. The minimum absolute atomic E-state index is 0.00953. The number of carbonyl (C=O) groups is 1. The van der Waals surface area contributed by atoms with Crippen LogP contribution >= 0.6 is 15.9 Å². The lowest BCUT2D eigenvalue weighted by Crippen LogP contribution is -2.21. The Bertz CT molecular complexity index is 447. The summed E-state index contributed by atoms with van der Waals surface area (Å²) in [4.78, 5) is 11.2. The van der Waals surface area contributed by atoms with Crippen molar-refractivity contribution in [3.8, 4) is 5.75 Å². The van der Waals surface area contributed by atoms with Crippen LogP contribution in [0.15, 0.2) is 22.7 Å². The molecule has 2 rings (SSSR count). The molecule has 19 heavy (non-hydrogen) atoms. The van der Waals surface area contributed by atoms with E-state index in [1.807, 2.05) is 12.1 Å². The maximum atomic E-state index is 11.2. The van der Waals surface area contributed by atoms with Crippen LogP contribution in [0.5, 0.6) is 5.75 Å². The van der Waals surface area contributed by atoms with E-state index >= 15 is 0 Å². The fraction of sp³-hybridized carbons (Fsp3) is 0.500. The summed E-state index contributed by atoms with van der Waals surface area (Å²) in [7, 11) is 1.63. The summed E-state index contributed by atoms with van der Waals surface area (Å²) >= 11 is 3.50. The highest BCUT2D eigenvalue weighted by atomic mass is 79.9. The van der Waals surface area contributed by atoms with Gasteiger partial charge in [-0.2, -0.15) is 0 Å². The first-order valence-corrected chi connectivity index (χ1v) is 7.34. The smallest absolute Gasteiger partial charge is 0.223 e. The predicted octanol–water partition coefficient (Wildman–Crippen LogP) is 2.22. The van der Waals surface area contributed by atoms with Gasteiger partial charge in [-0.3, -0.25) is 4.79 Å². The Morgan fingerprint density at radius 2 is 2.26 bits per heavy atom. The van der Waals surface area contributed by atoms with Crippen LogP contribution in [0.1, 0.15) is 24.8 Å². The van der Waals surface area contributed by atoms with Crippen molar-refractivity contribution in [2.75, 3.05) is 13.7 Å². The first-order valence-electron chi connectivity index (χ1n) is 6.55. The second kappa shape index (κ2) is 6.91. The third-order valence-electron chi connectivity index (χ3n) is 3.06. The van der Waals surface area contributed by atoms with Gasteiger partial charge in [0.05, 0.1) is 17.5 Å². The number of ether oxygens (including phenoxy) is 1. The van der Waals surface area contributed by atoms with Crippen LogP contribution in [0, 0.1) is 0 Å². The predicted molar refractivity (Wildman–Crippen MR) is 78.2 cm³/mol. The fourth-order valence-electron chi connectivity index (χ4n) is 1.77. The topological polar surface area (TPSA) is 50.4 Å². The Morgan fingerprint density at radius 1 is 1.47 bits per heavy atom. The van der Waals surface area contributed by atoms with Crippen LogP contribution in [0.4, 0.5) is 0 Å². The highest BCUT2D eigenvalue weighted by Gasteiger charge is 2.21. The van der Waals surface area contributed by atoms with Gasteiger partial charge in [0.15, 0.2) is 0 Å². The van der Waals surface area contributed by atoms with Gasteiger partial charge >= 0.3 is 0 Å². The second-order valence-electron chi connectivity index (χ2n) is 4.65. The molecule has 2 N–H and O–H groups in total. The van der Waals surface area contributed by atoms with Gasteiger partial charge in [0.25, 0.3) is 0 Å². The number of hydrogen-bond acceptors (Lipinski definition) is 3. The fourth-order valence-corrected chi connectivity index (χ4v) is 2.29. The summed E-state index contributed by atoms with van der Waals surface area (Å²) < 4.78 is 6.68. The van der Waals surface area contributed by atoms with Crippen molar-refractivity contribution in [1.29, 1.82) is 0 Å². The Labute approximate surface area is 122 Å². The van der Waals surface area contributed by atoms with E-state index in [2.05, 4.69) is 32.6 Å². The van der Waals surface area contributed by atoms with Gasteiger partial charge in [-0.25, -0.2) is 0 Å². The number of halogens is 1. The van der Waals surface area contributed by atoms with Gasteiger partial charge in [-0.15, -0.1) is 0 Å². The van der Waals surface area contributed by atoms with Gasteiger partial charge in [0.1, 0.15) is 5.75 Å². The lowest BCUT2D eigenvalue weighted by Gasteiger charge is -2.13. The van der Waals surface area contributed by atoms with Crippen LogP contribution < -0.4 is 15.4 Å². The van der Waals surface area contributed by atoms with E-state index in [0.717, 1.165) is 22.3 Å². The summed E-state index contributed by atoms with van der Waals surface area (Å²) in [5.41, 5.74) is 1.12. The van der Waals surface area contributed by atoms with E-state index in [1.54, 1.807) is 7.05 Å². The van der Waals surface area contributed by atoms with Gasteiger partial charge < -0.3 is 15.4 Å². The zero-order valence-electron chi connectivity index (χ0n) is 11.0. The molecule has 1 aliphatic rings. The molecule has 0 heterocycles. The summed E-state index contributed by atoms with van der Waals surface area (Å²) in [6.45, 7) is 1.19. The third kappa shape index (κ3) is 4.51. The first-order chi connectivity index (χ1) is 9.20. The molecule has 1 aliphatic carbocycles. The highest BCUT2D eigenvalue weighted by molar-refractivity contribution is 9.10. The summed E-state index contributed by atoms with van der Waals surface area (Å²) in [5, 5.41) is 6.06. The Balaban J connectivity index is 1.93. The largest absolute Gasteiger partial charge is 0.492 e. The van der Waals surface area contributed by atoms with Gasteiger partial charge in [0, 0.05) is 25.2 Å². The summed E-state index contributed by atoms with van der Waals surface area (Å²) in [6, 6.07) is 6.67. The Morgan fingerprint density at radius 3 is 2.95 bits per heavy atom. The van der Waals surface area contributed by atoms with E-state index in [-0.39, 0.29) is 5.91 Å². The number of nitrogens with one attached hydrogen (secondary N) is 2. The Hall–Kier alpha value is -1.07. The molecule has 1 aromatic carbocycles. The minimum atomic E-state index is -0.00953. The molecule has 0 aliphatic heterocycles. The lowest BCUT2D eigenvalue weighted by molar-refractivity contribution is -0.121. The number of carbonyl (C=O) groups excluding carboxylic acids is 1. The molecule has 0 unspecified atom stereocenters. The maximum absolute atomic E-state index is 11.2. The van der Waals surface area contributed by atoms with E-state index in [1.165, 1.54) is 12.8 Å². The average molecular weight is 327 g/mol. The van der Waals surface area contributed by atoms with Crippen molar-refractivity contribution in [3.63, 3.8) is 0 Å². The van der Waals surface area contributed by atoms with Crippen LogP contribution in [0.2, 0.25) is 0 Å². The van der Waals surface area contributed by atoms with Crippen LogP contribution in [0.3, 0.4) is 0 Å². The van der Waals surface area contributed by atoms with Crippen molar-refractivity contribution in [2.24, 2.45) is 0 Å². The van der Waals surface area contributed by atoms with Crippen LogP contribution in [-0.4, -0.2) is 25.6 Å². The number of para-hydroxylation sites is 1. The van der Waals surface area contributed by atoms with E-state index in [9.17, 15) is 4.79 Å². The molecule has 0 atom stereocenters. The molecule has 0 aromatic heterocycles. The molecule has 0 spiro atoms. The standard InChI is InChI=1S/C14H19BrN2O2/c1-16-13(18)7-8-19-14-10(3-2-4-12(14)15)9-17-11-5-6-11/h2-4,11,17H,5-9H2,1H3,(H,16,18). The molecule has 1 amide bonds.